The van der Waals surface area contributed by atoms with Crippen LogP contribution in [0.3, 0.4) is 0 Å². The average Bonchev–Trinajstić information content (AvgIpc) is 2.86. The Kier molecular flexibility index (Phi) is 3.97. The molecule has 0 aromatic carbocycles. The summed E-state index contributed by atoms with van der Waals surface area (Å²) in [6.45, 7) is 8.25. The number of thiophene rings is 1. The molecule has 0 saturated heterocycles. The van der Waals surface area contributed by atoms with Crippen molar-refractivity contribution >= 4 is 11.3 Å². The molecule has 0 radical (unpaired) electrons. The van der Waals surface area contributed by atoms with Crippen LogP contribution in [0.1, 0.15) is 24.4 Å². The van der Waals surface area contributed by atoms with E-state index in [1.807, 2.05) is 0 Å². The molecule has 0 fully saturated rings. The third-order valence-corrected chi connectivity index (χ3v) is 3.45. The van der Waals surface area contributed by atoms with Gasteiger partial charge in [-0.1, -0.05) is 13.8 Å². The lowest BCUT2D eigenvalue weighted by molar-refractivity contribution is 0.545. The summed E-state index contributed by atoms with van der Waals surface area (Å²) in [7, 11) is 0. The van der Waals surface area contributed by atoms with Crippen molar-refractivity contribution in [1.29, 1.82) is 0 Å². The molecule has 0 bridgehead atoms. The SMILES string of the molecule is Cc1ccc(-c2ocnc2CNCC(C)C)s1. The van der Waals surface area contributed by atoms with E-state index in [9.17, 15) is 0 Å². The van der Waals surface area contributed by atoms with Gasteiger partial charge in [-0.3, -0.25) is 0 Å². The minimum atomic E-state index is 0.648. The number of aryl methyl sites for hydroxylation is 1. The molecule has 1 N–H and O–H groups in total. The smallest absolute Gasteiger partial charge is 0.181 e. The molecule has 17 heavy (non-hydrogen) atoms. The van der Waals surface area contributed by atoms with Crippen molar-refractivity contribution in [3.63, 3.8) is 0 Å². The average molecular weight is 250 g/mol. The number of hydrogen-bond acceptors (Lipinski definition) is 4. The molecule has 0 aliphatic rings. The maximum absolute atomic E-state index is 5.48. The van der Waals surface area contributed by atoms with Gasteiger partial charge in [0.25, 0.3) is 0 Å². The summed E-state index contributed by atoms with van der Waals surface area (Å²) in [5, 5.41) is 3.39. The van der Waals surface area contributed by atoms with E-state index in [0.717, 1.165) is 29.4 Å². The van der Waals surface area contributed by atoms with Crippen molar-refractivity contribution < 1.29 is 4.42 Å². The van der Waals surface area contributed by atoms with Gasteiger partial charge in [-0.15, -0.1) is 11.3 Å². The lowest BCUT2D eigenvalue weighted by atomic mass is 10.2. The Morgan fingerprint density at radius 2 is 2.24 bits per heavy atom. The molecule has 0 unspecified atom stereocenters. The summed E-state index contributed by atoms with van der Waals surface area (Å²) in [5.74, 6) is 1.55. The van der Waals surface area contributed by atoms with Crippen molar-refractivity contribution in [3.8, 4) is 10.6 Å². The van der Waals surface area contributed by atoms with Crippen LogP contribution in [0.2, 0.25) is 0 Å². The molecular formula is C13H18N2OS. The Morgan fingerprint density at radius 3 is 2.88 bits per heavy atom. The molecule has 0 atom stereocenters. The van der Waals surface area contributed by atoms with Crippen LogP contribution in [0.25, 0.3) is 10.6 Å². The highest BCUT2D eigenvalue weighted by Gasteiger charge is 2.12. The molecule has 3 nitrogen and oxygen atoms in total. The van der Waals surface area contributed by atoms with Gasteiger partial charge in [0.05, 0.1) is 4.88 Å². The van der Waals surface area contributed by atoms with Crippen LogP contribution in [-0.2, 0) is 6.54 Å². The van der Waals surface area contributed by atoms with Crippen molar-refractivity contribution in [2.75, 3.05) is 6.54 Å². The molecular weight excluding hydrogens is 232 g/mol. The van der Waals surface area contributed by atoms with Crippen LogP contribution in [0.15, 0.2) is 22.9 Å². The maximum atomic E-state index is 5.48. The molecule has 2 aromatic rings. The molecule has 0 aliphatic heterocycles. The van der Waals surface area contributed by atoms with Crippen molar-refractivity contribution in [2.45, 2.75) is 27.3 Å². The van der Waals surface area contributed by atoms with Gasteiger partial charge in [0.1, 0.15) is 5.69 Å². The van der Waals surface area contributed by atoms with E-state index in [-0.39, 0.29) is 0 Å². The van der Waals surface area contributed by atoms with E-state index >= 15 is 0 Å². The van der Waals surface area contributed by atoms with Crippen molar-refractivity contribution in [3.05, 3.63) is 29.1 Å². The second kappa shape index (κ2) is 5.47. The molecule has 0 saturated carbocycles. The largest absolute Gasteiger partial charge is 0.442 e. The standard InChI is InChI=1S/C13H18N2OS/c1-9(2)6-14-7-11-13(16-8-15-11)12-5-4-10(3)17-12/h4-5,8-9,14H,6-7H2,1-3H3. The second-order valence-electron chi connectivity index (χ2n) is 4.56. The Morgan fingerprint density at radius 1 is 1.41 bits per heavy atom. The predicted octanol–water partition coefficient (Wildman–Crippen LogP) is 3.46. The number of rotatable bonds is 5. The first-order valence-electron chi connectivity index (χ1n) is 5.86. The van der Waals surface area contributed by atoms with E-state index in [1.165, 1.54) is 11.3 Å². The Hall–Kier alpha value is -1.13. The molecule has 2 rings (SSSR count). The maximum Gasteiger partial charge on any atom is 0.181 e. The summed E-state index contributed by atoms with van der Waals surface area (Å²) in [6, 6.07) is 4.19. The van der Waals surface area contributed by atoms with Gasteiger partial charge < -0.3 is 9.73 Å². The minimum absolute atomic E-state index is 0.648. The highest BCUT2D eigenvalue weighted by Crippen LogP contribution is 2.29. The summed E-state index contributed by atoms with van der Waals surface area (Å²) >= 11 is 1.74. The van der Waals surface area contributed by atoms with E-state index in [0.29, 0.717) is 5.92 Å². The number of nitrogens with one attached hydrogen (secondary N) is 1. The fraction of sp³-hybridized carbons (Fsp3) is 0.462. The quantitative estimate of drug-likeness (QED) is 0.883. The Bertz CT molecular complexity index is 473. The zero-order chi connectivity index (χ0) is 12.3. The van der Waals surface area contributed by atoms with Crippen LogP contribution >= 0.6 is 11.3 Å². The second-order valence-corrected chi connectivity index (χ2v) is 5.85. The highest BCUT2D eigenvalue weighted by atomic mass is 32.1. The van der Waals surface area contributed by atoms with Gasteiger partial charge in [-0.25, -0.2) is 4.98 Å². The number of oxazole rings is 1. The molecule has 0 aliphatic carbocycles. The summed E-state index contributed by atoms with van der Waals surface area (Å²) in [6.07, 6.45) is 1.52. The molecule has 92 valence electrons. The van der Waals surface area contributed by atoms with Crippen LogP contribution < -0.4 is 5.32 Å². The van der Waals surface area contributed by atoms with Crippen molar-refractivity contribution in [2.24, 2.45) is 5.92 Å². The monoisotopic (exact) mass is 250 g/mol. The lowest BCUT2D eigenvalue weighted by Crippen LogP contribution is -2.19. The first kappa shape index (κ1) is 12.3. The van der Waals surface area contributed by atoms with E-state index in [4.69, 9.17) is 4.42 Å². The molecule has 0 spiro atoms. The van der Waals surface area contributed by atoms with E-state index in [2.05, 4.69) is 43.2 Å². The molecule has 0 amide bonds. The highest BCUT2D eigenvalue weighted by molar-refractivity contribution is 7.15. The molecule has 4 heteroatoms. The molecule has 2 heterocycles. The van der Waals surface area contributed by atoms with Crippen LogP contribution in [0.5, 0.6) is 0 Å². The first-order chi connectivity index (χ1) is 8.16. The first-order valence-corrected chi connectivity index (χ1v) is 6.68. The van der Waals surface area contributed by atoms with Gasteiger partial charge in [-0.05, 0) is 31.5 Å². The summed E-state index contributed by atoms with van der Waals surface area (Å²) < 4.78 is 5.48. The fourth-order valence-corrected chi connectivity index (χ4v) is 2.51. The van der Waals surface area contributed by atoms with Crippen LogP contribution in [0.4, 0.5) is 0 Å². The third kappa shape index (κ3) is 3.17. The number of nitrogens with zero attached hydrogens (tertiary/aromatic N) is 1. The van der Waals surface area contributed by atoms with Crippen molar-refractivity contribution in [1.82, 2.24) is 10.3 Å². The van der Waals surface area contributed by atoms with Gasteiger partial charge >= 0.3 is 0 Å². The van der Waals surface area contributed by atoms with E-state index < -0.39 is 0 Å². The Labute approximate surface area is 106 Å². The zero-order valence-corrected chi connectivity index (χ0v) is 11.3. The Balaban J connectivity index is 2.07. The normalized spacial score (nSPS) is 11.3. The summed E-state index contributed by atoms with van der Waals surface area (Å²) in [5.41, 5.74) is 0.993. The topological polar surface area (TPSA) is 38.1 Å². The van der Waals surface area contributed by atoms with Crippen LogP contribution in [0, 0.1) is 12.8 Å². The number of hydrogen-bond donors (Lipinski definition) is 1. The third-order valence-electron chi connectivity index (χ3n) is 2.45. The van der Waals surface area contributed by atoms with Gasteiger partial charge in [-0.2, -0.15) is 0 Å². The van der Waals surface area contributed by atoms with Gasteiger partial charge in [0.2, 0.25) is 0 Å². The fourth-order valence-electron chi connectivity index (χ4n) is 1.63. The number of aromatic nitrogens is 1. The van der Waals surface area contributed by atoms with Crippen LogP contribution in [-0.4, -0.2) is 11.5 Å². The zero-order valence-electron chi connectivity index (χ0n) is 10.5. The van der Waals surface area contributed by atoms with Gasteiger partial charge in [0, 0.05) is 11.4 Å². The van der Waals surface area contributed by atoms with E-state index in [1.54, 1.807) is 11.3 Å². The lowest BCUT2D eigenvalue weighted by Gasteiger charge is -2.05. The predicted molar refractivity (Wildman–Crippen MR) is 71.1 cm³/mol. The van der Waals surface area contributed by atoms with Gasteiger partial charge in [0.15, 0.2) is 12.2 Å². The molecule has 2 aromatic heterocycles. The minimum Gasteiger partial charge on any atom is -0.442 e. The summed E-state index contributed by atoms with van der Waals surface area (Å²) in [4.78, 5) is 6.72.